The number of carbonyl (C=O) groups excluding carboxylic acids is 2. The molecule has 8 aromatic rings. The Morgan fingerprint density at radius 1 is 0.347 bits per heavy atom. The Labute approximate surface area is 433 Å². The van der Waals surface area contributed by atoms with Crippen LogP contribution < -0.4 is 0 Å². The lowest BCUT2D eigenvalue weighted by Gasteiger charge is -2.34. The smallest absolute Gasteiger partial charge is 0.294 e. The standard InChI is InChI=1S/C61H42O11S3/c1-38-17-27-47(28-18-38)61-51(39-11-5-2-6-12-39)37-60(59(61)63,46-29-35-50(36-30-46)75(70,71)72)56(57(61)44-15-9-4-10-16-44)45-21-19-41(20-22-45)53-52(40-13-7-3-8-14-40)54(42-23-31-48(32-24-42)73(64,65)66)58(62)55(53)43-25-33-49(34-26-43)74(67,68)69/h2-37H,1H3,(H,64,65,66)(H,67,68,69)(H,70,71,72)/t60-,61-/m1/s1. The third kappa shape index (κ3) is 8.01. The molecule has 0 heterocycles. The minimum Gasteiger partial charge on any atom is -0.296 e. The number of allylic oxidation sites excluding steroid dienone is 8. The van der Waals surface area contributed by atoms with Gasteiger partial charge in [0.1, 0.15) is 10.8 Å². The maximum atomic E-state index is 16.6. The third-order valence-electron chi connectivity index (χ3n) is 14.3. The molecule has 0 saturated carbocycles. The van der Waals surface area contributed by atoms with Crippen LogP contribution in [-0.2, 0) is 50.8 Å². The molecule has 75 heavy (non-hydrogen) atoms. The maximum Gasteiger partial charge on any atom is 0.294 e. The van der Waals surface area contributed by atoms with Crippen molar-refractivity contribution in [2.24, 2.45) is 0 Å². The van der Waals surface area contributed by atoms with E-state index in [1.54, 1.807) is 24.3 Å². The van der Waals surface area contributed by atoms with Gasteiger partial charge in [0.2, 0.25) is 0 Å². The summed E-state index contributed by atoms with van der Waals surface area (Å²) < 4.78 is 104. The van der Waals surface area contributed by atoms with E-state index in [1.165, 1.54) is 60.7 Å². The van der Waals surface area contributed by atoms with Crippen LogP contribution in [0.3, 0.4) is 0 Å². The molecule has 11 nitrogen and oxygen atoms in total. The van der Waals surface area contributed by atoms with Crippen LogP contribution in [0, 0.1) is 6.92 Å². The third-order valence-corrected chi connectivity index (χ3v) is 16.9. The van der Waals surface area contributed by atoms with E-state index in [0.29, 0.717) is 61.2 Å². The van der Waals surface area contributed by atoms with Gasteiger partial charge < -0.3 is 0 Å². The number of benzene rings is 8. The summed E-state index contributed by atoms with van der Waals surface area (Å²) in [5.41, 5.74) is 6.36. The van der Waals surface area contributed by atoms with Gasteiger partial charge in [0.05, 0.1) is 14.7 Å². The van der Waals surface area contributed by atoms with E-state index < -0.39 is 51.9 Å². The molecular weight excluding hydrogens is 1000 g/mol. The lowest BCUT2D eigenvalue weighted by atomic mass is 9.65. The molecule has 0 saturated heterocycles. The van der Waals surface area contributed by atoms with E-state index in [4.69, 9.17) is 0 Å². The van der Waals surface area contributed by atoms with Crippen molar-refractivity contribution in [1.29, 1.82) is 0 Å². The SMILES string of the molecule is Cc1ccc([C@@]23C(=O)[C@@](c4ccc(S(=O)(=O)O)cc4)(C=C2c2ccccc2)C(c2ccc(C4=C(c5ccc(S(=O)(=O)O)cc5)C(=O)C(c5ccc(S(=O)(=O)O)cc5)=C4c4ccccc4)cc2)=C3c2ccccc2)cc1. The number of fused-ring (bicyclic) bond motifs is 2. The van der Waals surface area contributed by atoms with Gasteiger partial charge >= 0.3 is 0 Å². The van der Waals surface area contributed by atoms with Gasteiger partial charge in [-0.25, -0.2) is 0 Å². The fraction of sp³-hybridized carbons (Fsp3) is 0.0492. The van der Waals surface area contributed by atoms with Crippen LogP contribution in [-0.4, -0.2) is 50.5 Å². The van der Waals surface area contributed by atoms with Crippen molar-refractivity contribution in [2.75, 3.05) is 0 Å². The van der Waals surface area contributed by atoms with E-state index in [0.717, 1.165) is 22.3 Å². The Balaban J connectivity index is 1.21. The van der Waals surface area contributed by atoms with Crippen LogP contribution in [0.2, 0.25) is 0 Å². The predicted octanol–water partition coefficient (Wildman–Crippen LogP) is 11.3. The van der Waals surface area contributed by atoms with Gasteiger partial charge in [0, 0.05) is 22.3 Å². The first-order valence-corrected chi connectivity index (χ1v) is 27.8. The number of ketones is 2. The molecule has 0 unspecified atom stereocenters. The Bertz CT molecular complexity index is 4150. The van der Waals surface area contributed by atoms with Crippen LogP contribution in [0.1, 0.15) is 55.6 Å². The zero-order chi connectivity index (χ0) is 52.7. The van der Waals surface area contributed by atoms with Crippen molar-refractivity contribution in [3.05, 3.63) is 274 Å². The number of aryl methyl sites for hydroxylation is 1. The highest BCUT2D eigenvalue weighted by molar-refractivity contribution is 7.86. The first-order valence-electron chi connectivity index (χ1n) is 23.5. The fourth-order valence-electron chi connectivity index (χ4n) is 11.1. The topological polar surface area (TPSA) is 197 Å². The Morgan fingerprint density at radius 2 is 0.680 bits per heavy atom. The molecule has 370 valence electrons. The molecule has 0 amide bonds. The summed E-state index contributed by atoms with van der Waals surface area (Å²) in [6, 6.07) is 59.8. The highest BCUT2D eigenvalue weighted by Crippen LogP contribution is 2.69. The second kappa shape index (κ2) is 18.0. The van der Waals surface area contributed by atoms with Gasteiger partial charge in [-0.15, -0.1) is 0 Å². The summed E-state index contributed by atoms with van der Waals surface area (Å²) in [5.74, 6) is -0.681. The molecule has 3 aliphatic rings. The lowest BCUT2D eigenvalue weighted by molar-refractivity contribution is -0.122. The average Bonchev–Trinajstić information content (AvgIpc) is 4.11. The zero-order valence-corrected chi connectivity index (χ0v) is 42.1. The van der Waals surface area contributed by atoms with Crippen molar-refractivity contribution < 1.29 is 48.5 Å². The van der Waals surface area contributed by atoms with E-state index in [1.807, 2.05) is 140 Å². The molecular formula is C61H42O11S3. The van der Waals surface area contributed by atoms with Gasteiger partial charge in [0.15, 0.2) is 11.6 Å². The van der Waals surface area contributed by atoms with Crippen molar-refractivity contribution in [3.63, 3.8) is 0 Å². The first kappa shape index (κ1) is 49.0. The normalized spacial score (nSPS) is 18.8. The lowest BCUT2D eigenvalue weighted by Crippen LogP contribution is -2.38. The van der Waals surface area contributed by atoms with Crippen LogP contribution in [0.15, 0.2) is 233 Å². The highest BCUT2D eigenvalue weighted by atomic mass is 32.2. The molecule has 0 aliphatic heterocycles. The molecule has 8 aromatic carbocycles. The van der Waals surface area contributed by atoms with Crippen molar-refractivity contribution >= 4 is 80.9 Å². The van der Waals surface area contributed by atoms with Crippen LogP contribution in [0.25, 0.3) is 39.0 Å². The van der Waals surface area contributed by atoms with Crippen LogP contribution >= 0.6 is 0 Å². The maximum absolute atomic E-state index is 16.6. The van der Waals surface area contributed by atoms with Crippen LogP contribution in [0.5, 0.6) is 0 Å². The second-order valence-electron chi connectivity index (χ2n) is 18.6. The van der Waals surface area contributed by atoms with Crippen molar-refractivity contribution in [2.45, 2.75) is 32.4 Å². The predicted molar refractivity (Wildman–Crippen MR) is 288 cm³/mol. The summed E-state index contributed by atoms with van der Waals surface area (Å²) in [6.45, 7) is 1.97. The van der Waals surface area contributed by atoms with Gasteiger partial charge in [-0.05, 0) is 110 Å². The van der Waals surface area contributed by atoms with Crippen molar-refractivity contribution in [3.8, 4) is 0 Å². The minimum atomic E-state index is -4.63. The second-order valence-corrected chi connectivity index (χ2v) is 22.8. The molecule has 0 radical (unpaired) electrons. The molecule has 0 aromatic heterocycles. The van der Waals surface area contributed by atoms with Gasteiger partial charge in [-0.3, -0.25) is 23.2 Å². The number of rotatable bonds is 12. The summed E-state index contributed by atoms with van der Waals surface area (Å²) in [4.78, 5) is 30.7. The van der Waals surface area contributed by atoms with E-state index >= 15 is 9.59 Å². The van der Waals surface area contributed by atoms with Gasteiger partial charge in [0.25, 0.3) is 30.4 Å². The van der Waals surface area contributed by atoms with Gasteiger partial charge in [-0.2, -0.15) is 25.3 Å². The summed E-state index contributed by atoms with van der Waals surface area (Å²) in [5, 5.41) is 0. The number of hydrogen-bond acceptors (Lipinski definition) is 8. The molecule has 2 bridgehead atoms. The summed E-state index contributed by atoms with van der Waals surface area (Å²) >= 11 is 0. The average molecular weight is 1050 g/mol. The largest absolute Gasteiger partial charge is 0.296 e. The molecule has 14 heteroatoms. The van der Waals surface area contributed by atoms with E-state index in [-0.39, 0.29) is 26.7 Å². The Hall–Kier alpha value is -8.21. The molecule has 0 spiro atoms. The Kier molecular flexibility index (Phi) is 11.8. The minimum absolute atomic E-state index is 0.167. The van der Waals surface area contributed by atoms with E-state index in [2.05, 4.69) is 0 Å². The molecule has 0 fully saturated rings. The molecule has 3 aliphatic carbocycles. The van der Waals surface area contributed by atoms with Gasteiger partial charge in [-0.1, -0.05) is 188 Å². The van der Waals surface area contributed by atoms with Crippen molar-refractivity contribution in [1.82, 2.24) is 0 Å². The quantitative estimate of drug-likeness (QED) is 0.0984. The first-order chi connectivity index (χ1) is 35.8. The monoisotopic (exact) mass is 1050 g/mol. The number of carbonyl (C=O) groups is 2. The summed E-state index contributed by atoms with van der Waals surface area (Å²) in [6.07, 6.45) is 1.98. The summed E-state index contributed by atoms with van der Waals surface area (Å²) in [7, 11) is -13.8. The zero-order valence-electron chi connectivity index (χ0n) is 39.6. The fourth-order valence-corrected chi connectivity index (χ4v) is 12.5. The van der Waals surface area contributed by atoms with E-state index in [9.17, 15) is 38.9 Å². The molecule has 3 N–H and O–H groups in total. The molecule has 11 rings (SSSR count). The molecule has 2 atom stereocenters. The highest BCUT2D eigenvalue weighted by Gasteiger charge is 2.68. The number of hydrogen-bond donors (Lipinski definition) is 3. The number of Topliss-reactive ketones (excluding diaryl/α,β-unsaturated/α-hetero) is 2. The van der Waals surface area contributed by atoms with Crippen LogP contribution in [0.4, 0.5) is 0 Å². The Morgan fingerprint density at radius 3 is 1.12 bits per heavy atom.